The summed E-state index contributed by atoms with van der Waals surface area (Å²) in [6, 6.07) is 0. The van der Waals surface area contributed by atoms with E-state index in [0.29, 0.717) is 10.5 Å². The zero-order valence-corrected chi connectivity index (χ0v) is 9.70. The van der Waals surface area contributed by atoms with Crippen LogP contribution in [0.5, 0.6) is 0 Å². The van der Waals surface area contributed by atoms with Gasteiger partial charge in [-0.05, 0) is 28.8 Å². The van der Waals surface area contributed by atoms with Crippen molar-refractivity contribution in [3.8, 4) is 0 Å². The molecule has 1 aromatic heterocycles. The molecular formula is C10H11BrN2O2. The molecule has 0 unspecified atom stereocenters. The first kappa shape index (κ1) is 10.5. The number of hydrogen-bond acceptors (Lipinski definition) is 3. The highest BCUT2D eigenvalue weighted by Gasteiger charge is 2.22. The summed E-state index contributed by atoms with van der Waals surface area (Å²) in [5.41, 5.74) is 0.826. The summed E-state index contributed by atoms with van der Waals surface area (Å²) in [5, 5.41) is 8.83. The highest BCUT2D eigenvalue weighted by atomic mass is 79.9. The maximum atomic E-state index is 10.8. The van der Waals surface area contributed by atoms with Crippen LogP contribution in [0.15, 0.2) is 10.8 Å². The molecule has 1 aliphatic carbocycles. The van der Waals surface area contributed by atoms with E-state index in [2.05, 4.69) is 25.9 Å². The van der Waals surface area contributed by atoms with Crippen LogP contribution >= 0.6 is 15.9 Å². The predicted molar refractivity (Wildman–Crippen MR) is 57.9 cm³/mol. The minimum atomic E-state index is -1.02. The number of carboxylic acids is 1. The standard InChI is InChI=1S/C10H11BrN2O2/c11-9-8(6-3-1-2-4-6)13-7(5-12-9)10(14)15/h5-6H,1-4H2,(H,14,15). The van der Waals surface area contributed by atoms with Crippen LogP contribution < -0.4 is 0 Å². The van der Waals surface area contributed by atoms with Crippen LogP contribution in [0.25, 0.3) is 0 Å². The number of nitrogens with zero attached hydrogens (tertiary/aromatic N) is 2. The Labute approximate surface area is 95.9 Å². The van der Waals surface area contributed by atoms with E-state index in [0.717, 1.165) is 18.5 Å². The lowest BCUT2D eigenvalue weighted by atomic mass is 10.0. The lowest BCUT2D eigenvalue weighted by Crippen LogP contribution is -2.07. The zero-order valence-electron chi connectivity index (χ0n) is 8.11. The third kappa shape index (κ3) is 2.17. The van der Waals surface area contributed by atoms with Crippen molar-refractivity contribution >= 4 is 21.9 Å². The average molecular weight is 271 g/mol. The molecule has 1 N–H and O–H groups in total. The molecule has 0 bridgehead atoms. The number of carbonyl (C=O) groups is 1. The summed E-state index contributed by atoms with van der Waals surface area (Å²) < 4.78 is 0.680. The number of rotatable bonds is 2. The number of aromatic nitrogens is 2. The molecule has 80 valence electrons. The monoisotopic (exact) mass is 270 g/mol. The lowest BCUT2D eigenvalue weighted by molar-refractivity contribution is 0.0689. The van der Waals surface area contributed by atoms with E-state index < -0.39 is 5.97 Å². The molecule has 0 atom stereocenters. The Hall–Kier alpha value is -0.970. The average Bonchev–Trinajstić information content (AvgIpc) is 2.71. The second-order valence-electron chi connectivity index (χ2n) is 3.72. The van der Waals surface area contributed by atoms with E-state index in [1.165, 1.54) is 19.0 Å². The first-order valence-electron chi connectivity index (χ1n) is 4.94. The van der Waals surface area contributed by atoms with Crippen molar-refractivity contribution < 1.29 is 9.90 Å². The molecule has 0 aromatic carbocycles. The minimum absolute atomic E-state index is 0.0279. The predicted octanol–water partition coefficient (Wildman–Crippen LogP) is 2.59. The summed E-state index contributed by atoms with van der Waals surface area (Å²) in [7, 11) is 0. The molecule has 1 fully saturated rings. The van der Waals surface area contributed by atoms with E-state index in [1.807, 2.05) is 0 Å². The van der Waals surface area contributed by atoms with Crippen molar-refractivity contribution in [2.24, 2.45) is 0 Å². The van der Waals surface area contributed by atoms with Gasteiger partial charge in [0.05, 0.1) is 11.9 Å². The highest BCUT2D eigenvalue weighted by Crippen LogP contribution is 2.35. The van der Waals surface area contributed by atoms with Crippen molar-refractivity contribution in [3.05, 3.63) is 22.2 Å². The third-order valence-electron chi connectivity index (χ3n) is 2.71. The number of hydrogen-bond donors (Lipinski definition) is 1. The minimum Gasteiger partial charge on any atom is -0.476 e. The Balaban J connectivity index is 2.35. The molecule has 1 aliphatic rings. The van der Waals surface area contributed by atoms with Crippen LogP contribution in [0.2, 0.25) is 0 Å². The fraction of sp³-hybridized carbons (Fsp3) is 0.500. The van der Waals surface area contributed by atoms with Crippen molar-refractivity contribution in [3.63, 3.8) is 0 Å². The molecule has 0 amide bonds. The first-order valence-corrected chi connectivity index (χ1v) is 5.73. The van der Waals surface area contributed by atoms with Crippen molar-refractivity contribution in [1.29, 1.82) is 0 Å². The second-order valence-corrected chi connectivity index (χ2v) is 4.47. The largest absolute Gasteiger partial charge is 0.476 e. The maximum Gasteiger partial charge on any atom is 0.356 e. The highest BCUT2D eigenvalue weighted by molar-refractivity contribution is 9.10. The van der Waals surface area contributed by atoms with Gasteiger partial charge in [0.15, 0.2) is 5.69 Å². The Morgan fingerprint density at radius 1 is 1.47 bits per heavy atom. The van der Waals surface area contributed by atoms with E-state index >= 15 is 0 Å². The van der Waals surface area contributed by atoms with Crippen molar-refractivity contribution in [1.82, 2.24) is 9.97 Å². The number of halogens is 1. The smallest absolute Gasteiger partial charge is 0.356 e. The molecule has 0 spiro atoms. The van der Waals surface area contributed by atoms with Gasteiger partial charge in [-0.3, -0.25) is 0 Å². The third-order valence-corrected chi connectivity index (χ3v) is 3.32. The molecule has 15 heavy (non-hydrogen) atoms. The van der Waals surface area contributed by atoms with Gasteiger partial charge < -0.3 is 5.11 Å². The van der Waals surface area contributed by atoms with Gasteiger partial charge in [-0.15, -0.1) is 0 Å². The molecule has 0 saturated heterocycles. The zero-order chi connectivity index (χ0) is 10.8. The quantitative estimate of drug-likeness (QED) is 0.897. The van der Waals surface area contributed by atoms with E-state index in [-0.39, 0.29) is 5.69 Å². The number of aromatic carboxylic acids is 1. The molecule has 0 radical (unpaired) electrons. The Morgan fingerprint density at radius 3 is 2.73 bits per heavy atom. The molecule has 0 aliphatic heterocycles. The van der Waals surface area contributed by atoms with Gasteiger partial charge in [-0.25, -0.2) is 14.8 Å². The Kier molecular flexibility index (Phi) is 3.00. The lowest BCUT2D eigenvalue weighted by Gasteiger charge is -2.10. The molecule has 1 aromatic rings. The molecule has 1 saturated carbocycles. The van der Waals surface area contributed by atoms with Gasteiger partial charge in [0.25, 0.3) is 0 Å². The van der Waals surface area contributed by atoms with Gasteiger partial charge in [-0.2, -0.15) is 0 Å². The van der Waals surface area contributed by atoms with Gasteiger partial charge in [0, 0.05) is 5.92 Å². The Morgan fingerprint density at radius 2 is 2.13 bits per heavy atom. The summed E-state index contributed by atoms with van der Waals surface area (Å²) in [5.74, 6) is -0.652. The fourth-order valence-electron chi connectivity index (χ4n) is 1.95. The summed E-state index contributed by atoms with van der Waals surface area (Å²) in [6.45, 7) is 0. The maximum absolute atomic E-state index is 10.8. The van der Waals surface area contributed by atoms with Crippen LogP contribution in [0, 0.1) is 0 Å². The van der Waals surface area contributed by atoms with Crippen LogP contribution in [0.1, 0.15) is 47.8 Å². The summed E-state index contributed by atoms with van der Waals surface area (Å²) in [6.07, 6.45) is 5.82. The normalized spacial score (nSPS) is 16.9. The van der Waals surface area contributed by atoms with Gasteiger partial charge in [0.2, 0.25) is 0 Å². The molecule has 2 rings (SSSR count). The SMILES string of the molecule is O=C(O)c1cnc(Br)c(C2CCCC2)n1. The second kappa shape index (κ2) is 4.26. The number of carboxylic acid groups (broad SMARTS) is 1. The summed E-state index contributed by atoms with van der Waals surface area (Å²) >= 11 is 3.32. The fourth-order valence-corrected chi connectivity index (χ4v) is 2.47. The van der Waals surface area contributed by atoms with Gasteiger partial charge >= 0.3 is 5.97 Å². The van der Waals surface area contributed by atoms with Crippen molar-refractivity contribution in [2.75, 3.05) is 0 Å². The van der Waals surface area contributed by atoms with Gasteiger partial charge in [-0.1, -0.05) is 12.8 Å². The Bertz CT molecular complexity index is 389. The van der Waals surface area contributed by atoms with E-state index in [4.69, 9.17) is 5.11 Å². The van der Waals surface area contributed by atoms with Crippen LogP contribution in [-0.4, -0.2) is 21.0 Å². The first-order chi connectivity index (χ1) is 7.18. The molecule has 1 heterocycles. The van der Waals surface area contributed by atoms with Crippen LogP contribution in [-0.2, 0) is 0 Å². The van der Waals surface area contributed by atoms with Gasteiger partial charge in [0.1, 0.15) is 4.60 Å². The van der Waals surface area contributed by atoms with E-state index in [9.17, 15) is 4.79 Å². The molecule has 4 nitrogen and oxygen atoms in total. The summed E-state index contributed by atoms with van der Waals surface area (Å²) in [4.78, 5) is 18.9. The molecule has 5 heteroatoms. The van der Waals surface area contributed by atoms with Crippen LogP contribution in [0.3, 0.4) is 0 Å². The van der Waals surface area contributed by atoms with Crippen molar-refractivity contribution in [2.45, 2.75) is 31.6 Å². The topological polar surface area (TPSA) is 63.1 Å². The molecular weight excluding hydrogens is 260 g/mol. The van der Waals surface area contributed by atoms with Crippen LogP contribution in [0.4, 0.5) is 0 Å². The van der Waals surface area contributed by atoms with E-state index in [1.54, 1.807) is 0 Å².